The average Bonchev–Trinajstić information content (AvgIpc) is 2.34. The summed E-state index contributed by atoms with van der Waals surface area (Å²) in [5.74, 6) is -0.388. The molecule has 1 aromatic rings. The van der Waals surface area contributed by atoms with Crippen molar-refractivity contribution in [3.8, 4) is 0 Å². The highest BCUT2D eigenvalue weighted by Crippen LogP contribution is 2.11. The Bertz CT molecular complexity index is 521. The molecule has 0 unspecified atom stereocenters. The Kier molecular flexibility index (Phi) is 4.86. The smallest absolute Gasteiger partial charge is 0.251 e. The van der Waals surface area contributed by atoms with Crippen LogP contribution in [0.1, 0.15) is 23.7 Å². The highest BCUT2D eigenvalue weighted by atomic mass is 32.2. The highest BCUT2D eigenvalue weighted by Gasteiger charge is 2.14. The maximum absolute atomic E-state index is 11.8. The summed E-state index contributed by atoms with van der Waals surface area (Å²) < 4.78 is 22.7. The van der Waals surface area contributed by atoms with Crippen LogP contribution in [0, 0.1) is 0 Å². The second-order valence-electron chi connectivity index (χ2n) is 4.06. The predicted molar refractivity (Wildman–Crippen MR) is 68.2 cm³/mol. The van der Waals surface area contributed by atoms with Crippen molar-refractivity contribution in [1.29, 1.82) is 0 Å². The van der Waals surface area contributed by atoms with Crippen molar-refractivity contribution in [3.05, 3.63) is 29.8 Å². The van der Waals surface area contributed by atoms with Gasteiger partial charge in [0.05, 0.1) is 17.5 Å². The third-order valence-electron chi connectivity index (χ3n) is 2.57. The summed E-state index contributed by atoms with van der Waals surface area (Å²) in [4.78, 5) is 11.9. The maximum atomic E-state index is 11.8. The minimum Gasteiger partial charge on any atom is -0.394 e. The van der Waals surface area contributed by atoms with Crippen LogP contribution in [0.3, 0.4) is 0 Å². The molecule has 1 aromatic carbocycles. The van der Waals surface area contributed by atoms with Crippen LogP contribution in [0.4, 0.5) is 0 Å². The van der Waals surface area contributed by atoms with Crippen LogP contribution in [0.15, 0.2) is 29.2 Å². The largest absolute Gasteiger partial charge is 0.394 e. The summed E-state index contributed by atoms with van der Waals surface area (Å²) in [7, 11) is -3.33. The van der Waals surface area contributed by atoms with Crippen LogP contribution in [0.25, 0.3) is 0 Å². The van der Waals surface area contributed by atoms with Gasteiger partial charge in [-0.2, -0.15) is 0 Å². The van der Waals surface area contributed by atoms with E-state index in [1.165, 1.54) is 24.3 Å². The third-order valence-corrected chi connectivity index (χ3v) is 3.68. The quantitative estimate of drug-likeness (QED) is 0.821. The van der Waals surface area contributed by atoms with Crippen LogP contribution >= 0.6 is 0 Å². The van der Waals surface area contributed by atoms with Gasteiger partial charge in [-0.15, -0.1) is 0 Å². The van der Waals surface area contributed by atoms with Gasteiger partial charge in [-0.1, -0.05) is 13.0 Å². The number of amides is 1. The Morgan fingerprint density at radius 2 is 2.11 bits per heavy atom. The third kappa shape index (κ3) is 3.82. The molecule has 5 nitrogen and oxygen atoms in total. The summed E-state index contributed by atoms with van der Waals surface area (Å²) >= 11 is 0. The molecule has 18 heavy (non-hydrogen) atoms. The van der Waals surface area contributed by atoms with Gasteiger partial charge in [0.1, 0.15) is 0 Å². The van der Waals surface area contributed by atoms with E-state index < -0.39 is 9.84 Å². The van der Waals surface area contributed by atoms with E-state index in [1.54, 1.807) is 0 Å². The van der Waals surface area contributed by atoms with Gasteiger partial charge in [-0.05, 0) is 24.6 Å². The SMILES string of the molecule is CC[C@H](CO)NC(=O)c1cccc(S(C)(=O)=O)c1. The Morgan fingerprint density at radius 3 is 2.61 bits per heavy atom. The predicted octanol–water partition coefficient (Wildman–Crippen LogP) is 0.591. The number of rotatable bonds is 5. The Balaban J connectivity index is 2.94. The monoisotopic (exact) mass is 271 g/mol. The van der Waals surface area contributed by atoms with Crippen LogP contribution in [0.2, 0.25) is 0 Å². The second-order valence-corrected chi connectivity index (χ2v) is 6.08. The number of hydrogen-bond acceptors (Lipinski definition) is 4. The molecule has 0 aromatic heterocycles. The van der Waals surface area contributed by atoms with E-state index >= 15 is 0 Å². The average molecular weight is 271 g/mol. The zero-order valence-electron chi connectivity index (χ0n) is 10.4. The van der Waals surface area contributed by atoms with Crippen molar-refractivity contribution in [2.24, 2.45) is 0 Å². The van der Waals surface area contributed by atoms with E-state index in [0.717, 1.165) is 6.26 Å². The molecule has 0 saturated heterocycles. The van der Waals surface area contributed by atoms with Gasteiger partial charge < -0.3 is 10.4 Å². The Hall–Kier alpha value is -1.40. The molecular weight excluding hydrogens is 254 g/mol. The van der Waals surface area contributed by atoms with E-state index in [-0.39, 0.29) is 29.0 Å². The fourth-order valence-electron chi connectivity index (χ4n) is 1.41. The first-order valence-electron chi connectivity index (χ1n) is 5.60. The number of carbonyl (C=O) groups excluding carboxylic acids is 1. The van der Waals surface area contributed by atoms with Crippen molar-refractivity contribution in [3.63, 3.8) is 0 Å². The molecule has 0 aliphatic rings. The molecule has 0 saturated carbocycles. The molecule has 0 aliphatic heterocycles. The summed E-state index contributed by atoms with van der Waals surface area (Å²) in [6.07, 6.45) is 1.70. The standard InChI is InChI=1S/C12H17NO4S/c1-3-10(8-14)13-12(15)9-5-4-6-11(7-9)18(2,16)17/h4-7,10,14H,3,8H2,1-2H3,(H,13,15)/t10-/m1/s1. The van der Waals surface area contributed by atoms with Gasteiger partial charge >= 0.3 is 0 Å². The molecule has 0 heterocycles. The molecule has 6 heteroatoms. The van der Waals surface area contributed by atoms with Gasteiger partial charge in [0.2, 0.25) is 0 Å². The van der Waals surface area contributed by atoms with Gasteiger partial charge in [0.15, 0.2) is 9.84 Å². The van der Waals surface area contributed by atoms with E-state index in [1.807, 2.05) is 6.92 Å². The van der Waals surface area contributed by atoms with Crippen molar-refractivity contribution in [2.45, 2.75) is 24.3 Å². The lowest BCUT2D eigenvalue weighted by molar-refractivity contribution is 0.0914. The van der Waals surface area contributed by atoms with Crippen LogP contribution in [-0.2, 0) is 9.84 Å². The van der Waals surface area contributed by atoms with E-state index in [2.05, 4.69) is 5.32 Å². The molecule has 0 spiro atoms. The van der Waals surface area contributed by atoms with Gasteiger partial charge in [0, 0.05) is 11.8 Å². The number of carbonyl (C=O) groups is 1. The molecule has 1 amide bonds. The number of nitrogens with one attached hydrogen (secondary N) is 1. The molecule has 100 valence electrons. The molecule has 0 radical (unpaired) electrons. The molecule has 0 aliphatic carbocycles. The lowest BCUT2D eigenvalue weighted by Gasteiger charge is -2.14. The minimum absolute atomic E-state index is 0.104. The summed E-state index contributed by atoms with van der Waals surface area (Å²) in [6, 6.07) is 5.50. The highest BCUT2D eigenvalue weighted by molar-refractivity contribution is 7.90. The molecule has 1 rings (SSSR count). The first kappa shape index (κ1) is 14.7. The fraction of sp³-hybridized carbons (Fsp3) is 0.417. The number of sulfone groups is 1. The first-order valence-corrected chi connectivity index (χ1v) is 7.49. The van der Waals surface area contributed by atoms with Crippen LogP contribution in [-0.4, -0.2) is 38.3 Å². The van der Waals surface area contributed by atoms with Crippen LogP contribution < -0.4 is 5.32 Å². The van der Waals surface area contributed by atoms with E-state index in [0.29, 0.717) is 6.42 Å². The van der Waals surface area contributed by atoms with Crippen molar-refractivity contribution >= 4 is 15.7 Å². The first-order chi connectivity index (χ1) is 8.38. The summed E-state index contributed by atoms with van der Waals surface area (Å²) in [6.45, 7) is 1.70. The normalized spacial score (nSPS) is 13.1. The fourth-order valence-corrected chi connectivity index (χ4v) is 2.08. The van der Waals surface area contributed by atoms with Crippen molar-refractivity contribution in [1.82, 2.24) is 5.32 Å². The van der Waals surface area contributed by atoms with Crippen molar-refractivity contribution < 1.29 is 18.3 Å². The van der Waals surface area contributed by atoms with E-state index in [4.69, 9.17) is 5.11 Å². The molecular formula is C12H17NO4S. The summed E-state index contributed by atoms with van der Waals surface area (Å²) in [5.41, 5.74) is 0.268. The van der Waals surface area contributed by atoms with Gasteiger partial charge in [0.25, 0.3) is 5.91 Å². The molecule has 0 bridgehead atoms. The topological polar surface area (TPSA) is 83.5 Å². The van der Waals surface area contributed by atoms with Gasteiger partial charge in [-0.3, -0.25) is 4.79 Å². The maximum Gasteiger partial charge on any atom is 0.251 e. The van der Waals surface area contributed by atoms with Crippen LogP contribution in [0.5, 0.6) is 0 Å². The summed E-state index contributed by atoms with van der Waals surface area (Å²) in [5, 5.41) is 11.6. The number of aliphatic hydroxyl groups excluding tert-OH is 1. The second kappa shape index (κ2) is 5.97. The molecule has 1 atom stereocenters. The number of benzene rings is 1. The Morgan fingerprint density at radius 1 is 1.44 bits per heavy atom. The lowest BCUT2D eigenvalue weighted by Crippen LogP contribution is -2.36. The zero-order valence-corrected chi connectivity index (χ0v) is 11.2. The number of hydrogen-bond donors (Lipinski definition) is 2. The molecule has 2 N–H and O–H groups in total. The minimum atomic E-state index is -3.33. The zero-order chi connectivity index (χ0) is 13.8. The number of aliphatic hydroxyl groups is 1. The Labute approximate surface area is 107 Å². The van der Waals surface area contributed by atoms with Gasteiger partial charge in [-0.25, -0.2) is 8.42 Å². The lowest BCUT2D eigenvalue weighted by atomic mass is 10.2. The van der Waals surface area contributed by atoms with Crippen molar-refractivity contribution in [2.75, 3.05) is 12.9 Å². The van der Waals surface area contributed by atoms with E-state index in [9.17, 15) is 13.2 Å². The molecule has 0 fully saturated rings.